The fourth-order valence-corrected chi connectivity index (χ4v) is 2.71. The van der Waals surface area contributed by atoms with E-state index in [2.05, 4.69) is 16.4 Å². The molecule has 3 rings (SSSR count). The van der Waals surface area contributed by atoms with E-state index in [9.17, 15) is 5.26 Å². The Morgan fingerprint density at radius 1 is 1.08 bits per heavy atom. The average molecular weight is 320 g/mol. The monoisotopic (exact) mass is 320 g/mol. The van der Waals surface area contributed by atoms with Gasteiger partial charge < -0.3 is 14.8 Å². The Morgan fingerprint density at radius 2 is 1.88 bits per heavy atom. The summed E-state index contributed by atoms with van der Waals surface area (Å²) >= 11 is 0. The zero-order chi connectivity index (χ0) is 16.9. The molecule has 0 aliphatic carbocycles. The minimum absolute atomic E-state index is 0.449. The molecule has 5 nitrogen and oxygen atoms in total. The van der Waals surface area contributed by atoms with Crippen molar-refractivity contribution in [1.82, 2.24) is 4.98 Å². The van der Waals surface area contributed by atoms with Crippen LogP contribution < -0.4 is 14.8 Å². The molecule has 1 heterocycles. The molecular weight excluding hydrogens is 302 g/mol. The number of hydrogen-bond donors (Lipinski definition) is 1. The van der Waals surface area contributed by atoms with Gasteiger partial charge in [0.05, 0.1) is 20.4 Å². The molecule has 0 unspecified atom stereocenters. The molecule has 0 saturated carbocycles. The maximum atomic E-state index is 9.20. The fourth-order valence-electron chi connectivity index (χ4n) is 2.71. The van der Waals surface area contributed by atoms with Crippen LogP contribution in [0.1, 0.15) is 11.3 Å². The molecule has 0 saturated heterocycles. The summed E-state index contributed by atoms with van der Waals surface area (Å²) in [6.45, 7) is 0.699. The van der Waals surface area contributed by atoms with E-state index in [0.717, 1.165) is 33.5 Å². The van der Waals surface area contributed by atoms with E-state index in [0.29, 0.717) is 12.2 Å². The molecule has 0 bridgehead atoms. The van der Waals surface area contributed by atoms with Crippen LogP contribution in [0, 0.1) is 11.3 Å². The number of ether oxygens (including phenoxy) is 2. The highest BCUT2D eigenvalue weighted by Crippen LogP contribution is 2.25. The number of pyridine rings is 1. The number of hydrogen-bond acceptors (Lipinski definition) is 4. The van der Waals surface area contributed by atoms with E-state index < -0.39 is 0 Å². The second kappa shape index (κ2) is 6.99. The van der Waals surface area contributed by atoms with Crippen molar-refractivity contribution in [2.75, 3.05) is 14.2 Å². The van der Waals surface area contributed by atoms with Gasteiger partial charge in [0.15, 0.2) is 5.69 Å². The van der Waals surface area contributed by atoms with Crippen molar-refractivity contribution in [1.29, 1.82) is 5.26 Å². The highest BCUT2D eigenvalue weighted by Gasteiger charge is 2.12. The van der Waals surface area contributed by atoms with Gasteiger partial charge in [-0.2, -0.15) is 5.26 Å². The van der Waals surface area contributed by atoms with Crippen LogP contribution in [0.4, 0.5) is 5.69 Å². The second-order valence-corrected chi connectivity index (χ2v) is 5.31. The van der Waals surface area contributed by atoms with E-state index in [1.165, 1.54) is 0 Å². The second-order valence-electron chi connectivity index (χ2n) is 5.31. The third kappa shape index (κ3) is 3.00. The SMILES string of the molecule is COc1ccc(C[NH2+]c2cnc(C#N)c3ccccc23)c(OC)c1. The molecule has 2 N–H and O–H groups in total. The lowest BCUT2D eigenvalue weighted by Crippen LogP contribution is -2.76. The molecule has 1 aromatic heterocycles. The normalized spacial score (nSPS) is 10.4. The number of rotatable bonds is 5. The van der Waals surface area contributed by atoms with Gasteiger partial charge in [-0.15, -0.1) is 0 Å². The van der Waals surface area contributed by atoms with Gasteiger partial charge in [-0.25, -0.2) is 4.98 Å². The molecule has 5 heteroatoms. The highest BCUT2D eigenvalue weighted by atomic mass is 16.5. The van der Waals surface area contributed by atoms with Gasteiger partial charge >= 0.3 is 0 Å². The lowest BCUT2D eigenvalue weighted by atomic mass is 10.1. The lowest BCUT2D eigenvalue weighted by Gasteiger charge is -2.10. The molecule has 0 fully saturated rings. The molecule has 0 radical (unpaired) electrons. The van der Waals surface area contributed by atoms with Crippen molar-refractivity contribution >= 4 is 16.5 Å². The zero-order valence-corrected chi connectivity index (χ0v) is 13.6. The first-order valence-electron chi connectivity index (χ1n) is 7.58. The standard InChI is InChI=1S/C19H17N3O2/c1-23-14-8-7-13(19(9-14)24-2)11-21-18-12-22-17(10-20)15-5-3-4-6-16(15)18/h3-9,12,21H,11H2,1-2H3/p+1. The number of fused-ring (bicyclic) bond motifs is 1. The number of nitriles is 1. The molecule has 120 valence electrons. The first-order valence-corrected chi connectivity index (χ1v) is 7.58. The zero-order valence-electron chi connectivity index (χ0n) is 13.6. The van der Waals surface area contributed by atoms with Crippen LogP contribution in [-0.2, 0) is 6.54 Å². The summed E-state index contributed by atoms with van der Waals surface area (Å²) in [5.74, 6) is 1.55. The van der Waals surface area contributed by atoms with Crippen LogP contribution in [0.25, 0.3) is 10.8 Å². The number of benzene rings is 2. The summed E-state index contributed by atoms with van der Waals surface area (Å²) in [7, 11) is 3.28. The van der Waals surface area contributed by atoms with Crippen LogP contribution in [0.5, 0.6) is 11.5 Å². The molecule has 0 spiro atoms. The Labute approximate surface area is 140 Å². The number of nitrogens with zero attached hydrogens (tertiary/aromatic N) is 2. The number of quaternary nitrogens is 1. The molecule has 0 amide bonds. The summed E-state index contributed by atoms with van der Waals surface area (Å²) in [5, 5.41) is 13.2. The van der Waals surface area contributed by atoms with Gasteiger partial charge in [-0.1, -0.05) is 18.2 Å². The van der Waals surface area contributed by atoms with E-state index >= 15 is 0 Å². The largest absolute Gasteiger partial charge is 0.497 e. The summed E-state index contributed by atoms with van der Waals surface area (Å²) in [4.78, 5) is 4.26. The van der Waals surface area contributed by atoms with E-state index in [1.54, 1.807) is 20.4 Å². The molecular formula is C19H18N3O2+. The van der Waals surface area contributed by atoms with E-state index in [1.807, 2.05) is 42.5 Å². The summed E-state index contributed by atoms with van der Waals surface area (Å²) in [6, 6.07) is 15.7. The topological polar surface area (TPSA) is 71.8 Å². The number of methoxy groups -OCH3 is 2. The Kier molecular flexibility index (Phi) is 4.59. The Bertz CT molecular complexity index is 916. The van der Waals surface area contributed by atoms with Crippen molar-refractivity contribution in [3.8, 4) is 17.6 Å². The van der Waals surface area contributed by atoms with Crippen molar-refractivity contribution in [2.24, 2.45) is 0 Å². The van der Waals surface area contributed by atoms with Crippen molar-refractivity contribution < 1.29 is 14.8 Å². The molecule has 0 atom stereocenters. The third-order valence-corrected chi connectivity index (χ3v) is 3.97. The fraction of sp³-hybridized carbons (Fsp3) is 0.158. The van der Waals surface area contributed by atoms with Gasteiger partial charge in [0.1, 0.15) is 29.8 Å². The molecule has 2 aromatic carbocycles. The Balaban J connectivity index is 1.91. The average Bonchev–Trinajstić information content (AvgIpc) is 2.65. The van der Waals surface area contributed by atoms with Crippen LogP contribution in [-0.4, -0.2) is 19.2 Å². The predicted molar refractivity (Wildman–Crippen MR) is 91.3 cm³/mol. The van der Waals surface area contributed by atoms with Crippen LogP contribution in [0.15, 0.2) is 48.7 Å². The minimum Gasteiger partial charge on any atom is -0.497 e. The molecule has 0 aliphatic rings. The van der Waals surface area contributed by atoms with Gasteiger partial charge in [0.25, 0.3) is 0 Å². The smallest absolute Gasteiger partial charge is 0.156 e. The third-order valence-electron chi connectivity index (χ3n) is 3.97. The van der Waals surface area contributed by atoms with Gasteiger partial charge in [-0.3, -0.25) is 0 Å². The molecule has 24 heavy (non-hydrogen) atoms. The molecule has 0 aliphatic heterocycles. The summed E-state index contributed by atoms with van der Waals surface area (Å²) in [6.07, 6.45) is 1.75. The first kappa shape index (κ1) is 15.8. The predicted octanol–water partition coefficient (Wildman–Crippen LogP) is 2.52. The van der Waals surface area contributed by atoms with Gasteiger partial charge in [0.2, 0.25) is 0 Å². The van der Waals surface area contributed by atoms with Crippen LogP contribution >= 0.6 is 0 Å². The van der Waals surface area contributed by atoms with Crippen LogP contribution in [0.3, 0.4) is 0 Å². The quantitative estimate of drug-likeness (QED) is 0.784. The van der Waals surface area contributed by atoms with Crippen molar-refractivity contribution in [3.05, 3.63) is 59.9 Å². The van der Waals surface area contributed by atoms with E-state index in [4.69, 9.17) is 9.47 Å². The Morgan fingerprint density at radius 3 is 2.58 bits per heavy atom. The van der Waals surface area contributed by atoms with Gasteiger partial charge in [-0.05, 0) is 18.2 Å². The highest BCUT2D eigenvalue weighted by molar-refractivity contribution is 5.93. The molecule has 3 aromatic rings. The number of nitrogens with two attached hydrogens (primary N) is 1. The Hall–Kier alpha value is -3.10. The van der Waals surface area contributed by atoms with Gasteiger partial charge in [0, 0.05) is 22.4 Å². The van der Waals surface area contributed by atoms with Crippen LogP contribution in [0.2, 0.25) is 0 Å². The summed E-state index contributed by atoms with van der Waals surface area (Å²) < 4.78 is 10.7. The lowest BCUT2D eigenvalue weighted by molar-refractivity contribution is -0.587. The first-order chi connectivity index (χ1) is 11.8. The van der Waals surface area contributed by atoms with E-state index in [-0.39, 0.29) is 0 Å². The van der Waals surface area contributed by atoms with Crippen molar-refractivity contribution in [3.63, 3.8) is 0 Å². The van der Waals surface area contributed by atoms with Crippen molar-refractivity contribution in [2.45, 2.75) is 6.54 Å². The summed E-state index contributed by atoms with van der Waals surface area (Å²) in [5.41, 5.74) is 2.51. The maximum absolute atomic E-state index is 9.20. The maximum Gasteiger partial charge on any atom is 0.156 e. The minimum atomic E-state index is 0.449. The number of aromatic nitrogens is 1.